The molecule has 1 unspecified atom stereocenters. The number of rotatable bonds is 8. The Bertz CT molecular complexity index is 126. The van der Waals surface area contributed by atoms with Gasteiger partial charge in [-0.1, -0.05) is 25.7 Å². The third kappa shape index (κ3) is 6.02. The van der Waals surface area contributed by atoms with Gasteiger partial charge in [0.2, 0.25) is 6.41 Å². The summed E-state index contributed by atoms with van der Waals surface area (Å²) in [6.45, 7) is 3.28. The summed E-state index contributed by atoms with van der Waals surface area (Å²) in [6, 6.07) is 0. The van der Waals surface area contributed by atoms with Crippen LogP contribution in [0, 0.1) is 5.92 Å². The largest absolute Gasteiger partial charge is 0.356 e. The monoisotopic (exact) mass is 187 g/mol. The summed E-state index contributed by atoms with van der Waals surface area (Å²) >= 11 is 0. The molecule has 1 rings (SSSR count). The second kappa shape index (κ2) is 6.35. The van der Waals surface area contributed by atoms with Gasteiger partial charge in [-0.2, -0.15) is 0 Å². The van der Waals surface area contributed by atoms with Gasteiger partial charge in [0.1, 0.15) is 0 Å². The van der Waals surface area contributed by atoms with Crippen molar-refractivity contribution in [1.82, 2.24) is 5.32 Å². The molecule has 0 aliphatic heterocycles. The number of hydrogen-bond acceptors (Lipinski definition) is 3. The van der Waals surface area contributed by atoms with Crippen LogP contribution < -0.4 is 5.32 Å². The van der Waals surface area contributed by atoms with E-state index in [1.165, 1.54) is 25.7 Å². The Kier molecular flexibility index (Phi) is 5.35. The summed E-state index contributed by atoms with van der Waals surface area (Å²) in [5.74, 6) is 1.02. The van der Waals surface area contributed by atoms with Gasteiger partial charge in [-0.15, -0.1) is 0 Å². The summed E-state index contributed by atoms with van der Waals surface area (Å²) in [7, 11) is 0. The number of hydrogen-bond donors (Lipinski definition) is 2. The van der Waals surface area contributed by atoms with Gasteiger partial charge in [-0.3, -0.25) is 5.32 Å². The molecule has 0 saturated heterocycles. The van der Waals surface area contributed by atoms with E-state index in [2.05, 4.69) is 5.32 Å². The first-order valence-corrected chi connectivity index (χ1v) is 5.36. The van der Waals surface area contributed by atoms with Crippen molar-refractivity contribution >= 4 is 0 Å². The van der Waals surface area contributed by atoms with Crippen LogP contribution in [-0.4, -0.2) is 24.7 Å². The molecule has 1 aliphatic rings. The van der Waals surface area contributed by atoms with Crippen molar-refractivity contribution in [2.45, 2.75) is 45.4 Å². The quantitative estimate of drug-likeness (QED) is 0.446. The van der Waals surface area contributed by atoms with Crippen LogP contribution in [0.25, 0.3) is 0 Å². The molecule has 0 aromatic carbocycles. The van der Waals surface area contributed by atoms with Crippen molar-refractivity contribution < 1.29 is 9.84 Å². The summed E-state index contributed by atoms with van der Waals surface area (Å²) < 4.78 is 4.93. The van der Waals surface area contributed by atoms with Crippen molar-refractivity contribution in [3.8, 4) is 0 Å². The van der Waals surface area contributed by atoms with E-state index in [1.807, 2.05) is 6.92 Å². The molecule has 0 amide bonds. The molecule has 1 saturated carbocycles. The van der Waals surface area contributed by atoms with Crippen molar-refractivity contribution in [1.29, 1.82) is 0 Å². The Labute approximate surface area is 80.5 Å². The van der Waals surface area contributed by atoms with E-state index in [1.54, 1.807) is 0 Å². The Morgan fingerprint density at radius 1 is 1.46 bits per heavy atom. The second-order valence-corrected chi connectivity index (χ2v) is 3.70. The number of aliphatic hydroxyl groups excluding tert-OH is 1. The van der Waals surface area contributed by atoms with E-state index in [9.17, 15) is 0 Å². The lowest BCUT2D eigenvalue weighted by molar-refractivity contribution is -0.115. The van der Waals surface area contributed by atoms with E-state index < -0.39 is 6.41 Å². The van der Waals surface area contributed by atoms with E-state index in [-0.39, 0.29) is 0 Å². The van der Waals surface area contributed by atoms with E-state index in [4.69, 9.17) is 9.84 Å². The predicted molar refractivity (Wildman–Crippen MR) is 52.2 cm³/mol. The third-order valence-electron chi connectivity index (χ3n) is 2.38. The highest BCUT2D eigenvalue weighted by molar-refractivity contribution is 4.72. The van der Waals surface area contributed by atoms with Gasteiger partial charge in [-0.05, 0) is 25.8 Å². The third-order valence-corrected chi connectivity index (χ3v) is 2.38. The minimum atomic E-state index is -0.772. The Morgan fingerprint density at radius 3 is 2.85 bits per heavy atom. The van der Waals surface area contributed by atoms with Crippen LogP contribution in [0.1, 0.15) is 39.0 Å². The lowest BCUT2D eigenvalue weighted by Gasteiger charge is -2.11. The highest BCUT2D eigenvalue weighted by Gasteiger charge is 2.19. The van der Waals surface area contributed by atoms with Crippen molar-refractivity contribution in [3.63, 3.8) is 0 Å². The molecular weight excluding hydrogens is 166 g/mol. The topological polar surface area (TPSA) is 41.5 Å². The smallest absolute Gasteiger partial charge is 0.213 e. The first kappa shape index (κ1) is 11.0. The highest BCUT2D eigenvalue weighted by atomic mass is 16.6. The predicted octanol–water partition coefficient (Wildman–Crippen LogP) is 1.47. The van der Waals surface area contributed by atoms with Crippen LogP contribution >= 0.6 is 0 Å². The minimum Gasteiger partial charge on any atom is -0.356 e. The van der Waals surface area contributed by atoms with Gasteiger partial charge < -0.3 is 9.84 Å². The zero-order chi connectivity index (χ0) is 9.52. The molecule has 13 heavy (non-hydrogen) atoms. The number of aliphatic hydroxyl groups is 1. The van der Waals surface area contributed by atoms with Crippen molar-refractivity contribution in [2.24, 2.45) is 5.92 Å². The number of nitrogens with one attached hydrogen (secondary N) is 1. The highest BCUT2D eigenvalue weighted by Crippen LogP contribution is 2.33. The van der Waals surface area contributed by atoms with Crippen molar-refractivity contribution in [3.05, 3.63) is 0 Å². The molecule has 0 radical (unpaired) electrons. The molecule has 0 aromatic rings. The summed E-state index contributed by atoms with van der Waals surface area (Å²) in [5.41, 5.74) is 0. The molecule has 78 valence electrons. The molecule has 1 aliphatic carbocycles. The standard InChI is InChI=1S/C10H21NO2/c1-2-13-10(12)11-8-4-3-5-9-6-7-9/h9-12H,2-8H2,1H3. The summed E-state index contributed by atoms with van der Waals surface area (Å²) in [6.07, 6.45) is 5.89. The first-order chi connectivity index (χ1) is 6.33. The van der Waals surface area contributed by atoms with Gasteiger partial charge in [0.25, 0.3) is 0 Å². The van der Waals surface area contributed by atoms with Crippen molar-refractivity contribution in [2.75, 3.05) is 13.2 Å². The molecule has 0 aromatic heterocycles. The fourth-order valence-corrected chi connectivity index (χ4v) is 1.41. The van der Waals surface area contributed by atoms with Crippen LogP contribution in [0.4, 0.5) is 0 Å². The van der Waals surface area contributed by atoms with Gasteiger partial charge in [0, 0.05) is 6.61 Å². The maximum absolute atomic E-state index is 9.14. The Morgan fingerprint density at radius 2 is 2.23 bits per heavy atom. The minimum absolute atomic E-state index is 0.552. The molecule has 0 heterocycles. The van der Waals surface area contributed by atoms with E-state index in [0.717, 1.165) is 18.9 Å². The van der Waals surface area contributed by atoms with Gasteiger partial charge in [0.05, 0.1) is 0 Å². The molecule has 0 bridgehead atoms. The average molecular weight is 187 g/mol. The Balaban J connectivity index is 1.76. The number of ether oxygens (including phenoxy) is 1. The van der Waals surface area contributed by atoms with Crippen LogP contribution in [0.5, 0.6) is 0 Å². The molecule has 3 heteroatoms. The Hall–Kier alpha value is -0.120. The fraction of sp³-hybridized carbons (Fsp3) is 1.00. The maximum Gasteiger partial charge on any atom is 0.213 e. The molecule has 2 N–H and O–H groups in total. The molecule has 1 fully saturated rings. The van der Waals surface area contributed by atoms with E-state index >= 15 is 0 Å². The number of unbranched alkanes of at least 4 members (excludes halogenated alkanes) is 1. The SMILES string of the molecule is CCOC(O)NCCCCC1CC1. The lowest BCUT2D eigenvalue weighted by Crippen LogP contribution is -2.32. The summed E-state index contributed by atoms with van der Waals surface area (Å²) in [5, 5.41) is 12.0. The van der Waals surface area contributed by atoms with Gasteiger partial charge in [0.15, 0.2) is 0 Å². The normalized spacial score (nSPS) is 18.9. The van der Waals surface area contributed by atoms with Gasteiger partial charge in [-0.25, -0.2) is 0 Å². The van der Waals surface area contributed by atoms with Crippen LogP contribution in [0.2, 0.25) is 0 Å². The fourth-order valence-electron chi connectivity index (χ4n) is 1.41. The second-order valence-electron chi connectivity index (χ2n) is 3.70. The molecule has 3 nitrogen and oxygen atoms in total. The zero-order valence-corrected chi connectivity index (χ0v) is 8.46. The lowest BCUT2D eigenvalue weighted by atomic mass is 10.2. The molecule has 1 atom stereocenters. The zero-order valence-electron chi connectivity index (χ0n) is 8.46. The molecule has 0 spiro atoms. The molecular formula is C10H21NO2. The van der Waals surface area contributed by atoms with Gasteiger partial charge >= 0.3 is 0 Å². The first-order valence-electron chi connectivity index (χ1n) is 5.36. The van der Waals surface area contributed by atoms with E-state index in [0.29, 0.717) is 6.61 Å². The van der Waals surface area contributed by atoms with Crippen LogP contribution in [0.15, 0.2) is 0 Å². The summed E-state index contributed by atoms with van der Waals surface area (Å²) in [4.78, 5) is 0. The average Bonchev–Trinajstić information content (AvgIpc) is 2.88. The van der Waals surface area contributed by atoms with Crippen LogP contribution in [-0.2, 0) is 4.74 Å². The maximum atomic E-state index is 9.14. The van der Waals surface area contributed by atoms with Crippen LogP contribution in [0.3, 0.4) is 0 Å².